The summed E-state index contributed by atoms with van der Waals surface area (Å²) in [5.41, 5.74) is 0. The van der Waals surface area contributed by atoms with Gasteiger partial charge in [-0.05, 0) is 0 Å². The Morgan fingerprint density at radius 3 is 1.75 bits per heavy atom. The van der Waals surface area contributed by atoms with Gasteiger partial charge in [-0.3, -0.25) is 5.92 Å². The zero-order chi connectivity index (χ0) is 6.12. The van der Waals surface area contributed by atoms with Crippen molar-refractivity contribution >= 4 is 0 Å². The molecule has 0 heterocycles. The van der Waals surface area contributed by atoms with Crippen LogP contribution >= 0.6 is 0 Å². The van der Waals surface area contributed by atoms with E-state index >= 15 is 0 Å². The summed E-state index contributed by atoms with van der Waals surface area (Å²) in [6.07, 6.45) is 0.920. The fraction of sp³-hybridized carbons (Fsp3) is 0.429. The van der Waals surface area contributed by atoms with Crippen LogP contribution in [0.1, 0.15) is 20.3 Å². The molecule has 0 aromatic carbocycles. The van der Waals surface area contributed by atoms with Crippen molar-refractivity contribution in [2.45, 2.75) is 20.3 Å². The van der Waals surface area contributed by atoms with E-state index in [-0.39, 0.29) is 21.1 Å². The molecule has 0 atom stereocenters. The van der Waals surface area contributed by atoms with Gasteiger partial charge in [0.1, 0.15) is 0 Å². The molecule has 0 nitrogen and oxygen atoms in total. The number of rotatable bonds is 0. The van der Waals surface area contributed by atoms with Crippen molar-refractivity contribution in [1.29, 1.82) is 0 Å². The van der Waals surface area contributed by atoms with Gasteiger partial charge in [0.25, 0.3) is 0 Å². The molecule has 0 radical (unpaired) electrons. The van der Waals surface area contributed by atoms with Crippen molar-refractivity contribution in [3.05, 3.63) is 13.8 Å². The van der Waals surface area contributed by atoms with E-state index in [4.69, 9.17) is 0 Å². The van der Waals surface area contributed by atoms with E-state index in [9.17, 15) is 0 Å². The summed E-state index contributed by atoms with van der Waals surface area (Å²) in [6, 6.07) is 0. The normalized spacial score (nSPS) is 3.88. The summed E-state index contributed by atoms with van der Waals surface area (Å²) in [6.45, 7) is 10.3. The summed E-state index contributed by atoms with van der Waals surface area (Å²) >= 11 is 0. The Kier molecular flexibility index (Phi) is 53.8. The number of hydrogen-bond acceptors (Lipinski definition) is 0. The molecule has 0 aromatic rings. The molecule has 0 unspecified atom stereocenters. The minimum atomic E-state index is 0. The molecule has 0 aliphatic carbocycles. The zero-order valence-corrected chi connectivity index (χ0v) is 8.46. The van der Waals surface area contributed by atoms with Crippen LogP contribution in [-0.2, 0) is 21.1 Å². The van der Waals surface area contributed by atoms with E-state index in [0.717, 1.165) is 6.42 Å². The van der Waals surface area contributed by atoms with Crippen molar-refractivity contribution in [2.24, 2.45) is 0 Å². The molecule has 46 valence electrons. The maximum Gasteiger partial charge on any atom is 2.00 e. The van der Waals surface area contributed by atoms with Crippen LogP contribution in [0.3, 0.4) is 0 Å². The molecule has 0 aliphatic heterocycles. The Morgan fingerprint density at radius 2 is 1.75 bits per heavy atom. The second-order valence-corrected chi connectivity index (χ2v) is 0.707. The van der Waals surface area contributed by atoms with Gasteiger partial charge in [0.05, 0.1) is 0 Å². The quantitative estimate of drug-likeness (QED) is 0.471. The van der Waals surface area contributed by atoms with Gasteiger partial charge in [-0.2, -0.15) is 13.8 Å². The minimum absolute atomic E-state index is 0. The summed E-state index contributed by atoms with van der Waals surface area (Å²) in [4.78, 5) is 0. The van der Waals surface area contributed by atoms with Crippen molar-refractivity contribution < 1.29 is 21.1 Å². The first-order chi connectivity index (χ1) is 3.41. The monoisotopic (exact) mass is 280 g/mol. The van der Waals surface area contributed by atoms with Crippen LogP contribution < -0.4 is 0 Å². The van der Waals surface area contributed by atoms with Gasteiger partial charge >= 0.3 is 21.1 Å². The van der Waals surface area contributed by atoms with Crippen LogP contribution in [0, 0.1) is 25.7 Å². The Hall–Kier alpha value is 0.118. The predicted octanol–water partition coefficient (Wildman–Crippen LogP) is 2.07. The summed E-state index contributed by atoms with van der Waals surface area (Å²) in [7, 11) is 0. The van der Waals surface area contributed by atoms with E-state index < -0.39 is 0 Å². The Morgan fingerprint density at radius 1 is 1.38 bits per heavy atom. The topological polar surface area (TPSA) is 0 Å². The fourth-order valence-electron chi connectivity index (χ4n) is 0.125. The molecule has 0 bridgehead atoms. The van der Waals surface area contributed by atoms with Gasteiger partial charge in [0, 0.05) is 0 Å². The molecule has 0 aromatic heterocycles. The first-order valence-electron chi connectivity index (χ1n) is 2.37. The van der Waals surface area contributed by atoms with Crippen molar-refractivity contribution in [3.63, 3.8) is 0 Å². The molecule has 0 amide bonds. The summed E-state index contributed by atoms with van der Waals surface area (Å²) in [5.74, 6) is 5.27. The molecular weight excluding hydrogens is 268 g/mol. The third-order valence-corrected chi connectivity index (χ3v) is 0.302. The summed E-state index contributed by atoms with van der Waals surface area (Å²) < 4.78 is 0. The van der Waals surface area contributed by atoms with Gasteiger partial charge in [-0.25, -0.2) is 0 Å². The first-order valence-corrected chi connectivity index (χ1v) is 2.37. The molecule has 0 spiro atoms. The van der Waals surface area contributed by atoms with Gasteiger partial charge < -0.3 is 12.8 Å². The van der Waals surface area contributed by atoms with Crippen molar-refractivity contribution in [3.8, 4) is 11.8 Å². The third kappa shape index (κ3) is 35.7. The fourth-order valence-corrected chi connectivity index (χ4v) is 0.125. The Balaban J connectivity index is -0.0000000750. The van der Waals surface area contributed by atoms with Crippen LogP contribution in [0.2, 0.25) is 0 Å². The van der Waals surface area contributed by atoms with E-state index in [2.05, 4.69) is 25.7 Å². The molecule has 8 heavy (non-hydrogen) atoms. The van der Waals surface area contributed by atoms with E-state index in [1.807, 2.05) is 6.92 Å². The van der Waals surface area contributed by atoms with E-state index in [0.29, 0.717) is 0 Å². The molecule has 0 N–H and O–H groups in total. The van der Waals surface area contributed by atoms with Gasteiger partial charge in [-0.15, -0.1) is 0 Å². The van der Waals surface area contributed by atoms with Crippen LogP contribution in [0.15, 0.2) is 0 Å². The zero-order valence-electron chi connectivity index (χ0n) is 5.53. The Bertz CT molecular complexity index is 56.5. The van der Waals surface area contributed by atoms with Crippen LogP contribution in [0.4, 0.5) is 0 Å². The molecule has 1 heteroatoms. The third-order valence-electron chi connectivity index (χ3n) is 0.302. The maximum absolute atomic E-state index is 3.31. The van der Waals surface area contributed by atoms with Crippen LogP contribution in [0.5, 0.6) is 0 Å². The predicted molar refractivity (Wildman–Crippen MR) is 34.5 cm³/mol. The smallest absolute Gasteiger partial charge is 0.346 e. The summed E-state index contributed by atoms with van der Waals surface area (Å²) in [5, 5.41) is 0. The SMILES string of the molecule is [CH2-]C.[CH2-]C#CCC.[W+2]. The van der Waals surface area contributed by atoms with Gasteiger partial charge in [0.15, 0.2) is 0 Å². The second kappa shape index (κ2) is 27.4. The van der Waals surface area contributed by atoms with Crippen LogP contribution in [0.25, 0.3) is 0 Å². The largest absolute Gasteiger partial charge is 2.00 e. The van der Waals surface area contributed by atoms with Crippen molar-refractivity contribution in [1.82, 2.24) is 0 Å². The first kappa shape index (κ1) is 15.7. The average molecular weight is 280 g/mol. The molecule has 0 aliphatic rings. The maximum atomic E-state index is 3.31. The average Bonchev–Trinajstić information content (AvgIpc) is 1.75. The van der Waals surface area contributed by atoms with E-state index in [1.54, 1.807) is 6.92 Å². The number of hydrogen-bond donors (Lipinski definition) is 0. The van der Waals surface area contributed by atoms with Crippen LogP contribution in [-0.4, -0.2) is 0 Å². The molecule has 0 saturated carbocycles. The minimum Gasteiger partial charge on any atom is -0.346 e. The van der Waals surface area contributed by atoms with Gasteiger partial charge in [-0.1, -0.05) is 13.3 Å². The molecule has 0 saturated heterocycles. The second-order valence-electron chi connectivity index (χ2n) is 0.707. The molecule has 0 rings (SSSR count). The van der Waals surface area contributed by atoms with Crippen molar-refractivity contribution in [2.75, 3.05) is 0 Å². The Labute approximate surface area is 67.3 Å². The molecular formula is C7H12W. The van der Waals surface area contributed by atoms with E-state index in [1.165, 1.54) is 0 Å². The standard InChI is InChI=1S/C5H7.C2H5.W/c1-3-5-4-2;1-2;/h1,4H2,2H3;1H2,2H3;/q2*-1;+2. The molecule has 0 fully saturated rings. The van der Waals surface area contributed by atoms with Gasteiger partial charge in [0.2, 0.25) is 0 Å².